The van der Waals surface area contributed by atoms with Crippen molar-refractivity contribution in [1.29, 1.82) is 0 Å². The number of nitrogens with zero attached hydrogens (tertiary/aromatic N) is 1. The zero-order chi connectivity index (χ0) is 11.4. The lowest BCUT2D eigenvalue weighted by atomic mass is 10.0. The minimum absolute atomic E-state index is 0.438. The third-order valence-corrected chi connectivity index (χ3v) is 3.98. The van der Waals surface area contributed by atoms with Gasteiger partial charge in [0.05, 0.1) is 19.6 Å². The lowest BCUT2D eigenvalue weighted by Gasteiger charge is -2.42. The van der Waals surface area contributed by atoms with Crippen LogP contribution in [0.2, 0.25) is 0 Å². The SMILES string of the molecule is CC[N+]1(Cc2ccccc2)CCC(N)CC1. The molecular formula is C14H23N2+. The highest BCUT2D eigenvalue weighted by Crippen LogP contribution is 2.21. The molecule has 1 aromatic rings. The molecule has 0 aromatic heterocycles. The lowest BCUT2D eigenvalue weighted by Crippen LogP contribution is -2.54. The van der Waals surface area contributed by atoms with Crippen LogP contribution in [0.1, 0.15) is 25.3 Å². The predicted octanol–water partition coefficient (Wildman–Crippen LogP) is 2.14. The first-order chi connectivity index (χ1) is 7.74. The van der Waals surface area contributed by atoms with Gasteiger partial charge in [-0.25, -0.2) is 0 Å². The molecule has 0 bridgehead atoms. The Labute approximate surface area is 98.7 Å². The van der Waals surface area contributed by atoms with Crippen molar-refractivity contribution in [2.45, 2.75) is 32.4 Å². The van der Waals surface area contributed by atoms with Crippen LogP contribution in [0.5, 0.6) is 0 Å². The van der Waals surface area contributed by atoms with Crippen LogP contribution in [0.3, 0.4) is 0 Å². The Hall–Kier alpha value is -0.860. The molecule has 2 nitrogen and oxygen atoms in total. The average Bonchev–Trinajstić information content (AvgIpc) is 2.34. The van der Waals surface area contributed by atoms with E-state index >= 15 is 0 Å². The van der Waals surface area contributed by atoms with Gasteiger partial charge < -0.3 is 10.2 Å². The number of nitrogens with two attached hydrogens (primary N) is 1. The van der Waals surface area contributed by atoms with Crippen LogP contribution in [0.4, 0.5) is 0 Å². The first-order valence-corrected chi connectivity index (χ1v) is 6.39. The van der Waals surface area contributed by atoms with Crippen molar-refractivity contribution in [1.82, 2.24) is 0 Å². The summed E-state index contributed by atoms with van der Waals surface area (Å²) in [6, 6.07) is 11.3. The zero-order valence-corrected chi connectivity index (χ0v) is 10.2. The number of quaternary nitrogens is 1. The van der Waals surface area contributed by atoms with E-state index in [1.165, 1.54) is 49.1 Å². The Balaban J connectivity index is 2.05. The second-order valence-electron chi connectivity index (χ2n) is 5.09. The molecule has 1 aromatic carbocycles. The summed E-state index contributed by atoms with van der Waals surface area (Å²) in [5.74, 6) is 0. The van der Waals surface area contributed by atoms with E-state index in [1.807, 2.05) is 0 Å². The normalized spacial score (nSPS) is 30.2. The van der Waals surface area contributed by atoms with Gasteiger partial charge in [0.2, 0.25) is 0 Å². The fraction of sp³-hybridized carbons (Fsp3) is 0.571. The number of benzene rings is 1. The summed E-state index contributed by atoms with van der Waals surface area (Å²) >= 11 is 0. The van der Waals surface area contributed by atoms with Gasteiger partial charge in [0.1, 0.15) is 6.54 Å². The lowest BCUT2D eigenvalue weighted by molar-refractivity contribution is -0.943. The standard InChI is InChI=1S/C14H23N2/c1-2-16(10-8-14(15)9-11-16)12-13-6-4-3-5-7-13/h3-7,14H,2,8-12,15H2,1H3/q+1. The Morgan fingerprint density at radius 2 is 1.81 bits per heavy atom. The molecule has 0 aliphatic carbocycles. The van der Waals surface area contributed by atoms with Gasteiger partial charge in [-0.2, -0.15) is 0 Å². The van der Waals surface area contributed by atoms with Crippen molar-refractivity contribution in [3.05, 3.63) is 35.9 Å². The van der Waals surface area contributed by atoms with E-state index in [4.69, 9.17) is 5.73 Å². The van der Waals surface area contributed by atoms with E-state index in [0.29, 0.717) is 6.04 Å². The molecule has 16 heavy (non-hydrogen) atoms. The molecule has 1 fully saturated rings. The molecule has 88 valence electrons. The van der Waals surface area contributed by atoms with Crippen molar-refractivity contribution < 1.29 is 4.48 Å². The van der Waals surface area contributed by atoms with Crippen LogP contribution in [-0.2, 0) is 6.54 Å². The maximum atomic E-state index is 5.99. The molecule has 0 spiro atoms. The molecule has 0 radical (unpaired) electrons. The van der Waals surface area contributed by atoms with Gasteiger partial charge in [0, 0.05) is 24.4 Å². The minimum Gasteiger partial charge on any atom is -0.327 e. The van der Waals surface area contributed by atoms with Crippen molar-refractivity contribution in [3.63, 3.8) is 0 Å². The topological polar surface area (TPSA) is 26.0 Å². The fourth-order valence-corrected chi connectivity index (χ4v) is 2.69. The molecule has 0 saturated carbocycles. The number of hydrogen-bond acceptors (Lipinski definition) is 1. The molecule has 1 saturated heterocycles. The first-order valence-electron chi connectivity index (χ1n) is 6.39. The summed E-state index contributed by atoms with van der Waals surface area (Å²) in [7, 11) is 0. The van der Waals surface area contributed by atoms with Gasteiger partial charge >= 0.3 is 0 Å². The number of rotatable bonds is 3. The minimum atomic E-state index is 0.438. The molecule has 0 atom stereocenters. The Morgan fingerprint density at radius 1 is 1.19 bits per heavy atom. The number of hydrogen-bond donors (Lipinski definition) is 1. The smallest absolute Gasteiger partial charge is 0.104 e. The fourth-order valence-electron chi connectivity index (χ4n) is 2.69. The van der Waals surface area contributed by atoms with Crippen molar-refractivity contribution >= 4 is 0 Å². The van der Waals surface area contributed by atoms with E-state index in [1.54, 1.807) is 0 Å². The molecule has 0 amide bonds. The summed E-state index contributed by atoms with van der Waals surface area (Å²) in [5, 5.41) is 0. The highest BCUT2D eigenvalue weighted by molar-refractivity contribution is 5.13. The summed E-state index contributed by atoms with van der Waals surface area (Å²) < 4.78 is 1.22. The Morgan fingerprint density at radius 3 is 2.38 bits per heavy atom. The van der Waals surface area contributed by atoms with Crippen LogP contribution in [0, 0.1) is 0 Å². The van der Waals surface area contributed by atoms with Crippen LogP contribution in [-0.4, -0.2) is 30.2 Å². The first kappa shape index (κ1) is 11.6. The van der Waals surface area contributed by atoms with Gasteiger partial charge in [-0.15, -0.1) is 0 Å². The number of likely N-dealkylation sites (tertiary alicyclic amines) is 1. The summed E-state index contributed by atoms with van der Waals surface area (Å²) in [4.78, 5) is 0. The van der Waals surface area contributed by atoms with Gasteiger partial charge in [0.25, 0.3) is 0 Å². The molecular weight excluding hydrogens is 196 g/mol. The van der Waals surface area contributed by atoms with Crippen molar-refractivity contribution in [3.8, 4) is 0 Å². The van der Waals surface area contributed by atoms with E-state index in [-0.39, 0.29) is 0 Å². The predicted molar refractivity (Wildman–Crippen MR) is 67.9 cm³/mol. The van der Waals surface area contributed by atoms with E-state index in [9.17, 15) is 0 Å². The molecule has 0 unspecified atom stereocenters. The van der Waals surface area contributed by atoms with Crippen molar-refractivity contribution in [2.24, 2.45) is 5.73 Å². The van der Waals surface area contributed by atoms with Crippen LogP contribution in [0.25, 0.3) is 0 Å². The van der Waals surface area contributed by atoms with Gasteiger partial charge in [0.15, 0.2) is 0 Å². The Bertz CT molecular complexity index is 313. The Kier molecular flexibility index (Phi) is 3.62. The summed E-state index contributed by atoms with van der Waals surface area (Å²) in [6.07, 6.45) is 2.36. The van der Waals surface area contributed by atoms with Gasteiger partial charge in [-0.05, 0) is 6.92 Å². The molecule has 1 heterocycles. The maximum absolute atomic E-state index is 5.99. The monoisotopic (exact) mass is 219 g/mol. The van der Waals surface area contributed by atoms with Crippen molar-refractivity contribution in [2.75, 3.05) is 19.6 Å². The highest BCUT2D eigenvalue weighted by atomic mass is 15.4. The average molecular weight is 219 g/mol. The quantitative estimate of drug-likeness (QED) is 0.775. The van der Waals surface area contributed by atoms with Crippen LogP contribution >= 0.6 is 0 Å². The van der Waals surface area contributed by atoms with Crippen LogP contribution in [0.15, 0.2) is 30.3 Å². The van der Waals surface area contributed by atoms with E-state index < -0.39 is 0 Å². The largest absolute Gasteiger partial charge is 0.327 e. The van der Waals surface area contributed by atoms with Crippen LogP contribution < -0.4 is 5.73 Å². The third-order valence-electron chi connectivity index (χ3n) is 3.98. The number of piperidine rings is 1. The highest BCUT2D eigenvalue weighted by Gasteiger charge is 2.30. The van der Waals surface area contributed by atoms with Gasteiger partial charge in [-0.3, -0.25) is 0 Å². The van der Waals surface area contributed by atoms with E-state index in [0.717, 1.165) is 0 Å². The molecule has 2 rings (SSSR count). The zero-order valence-electron chi connectivity index (χ0n) is 10.2. The maximum Gasteiger partial charge on any atom is 0.104 e. The molecule has 1 aliphatic heterocycles. The third kappa shape index (κ3) is 2.63. The summed E-state index contributed by atoms with van der Waals surface area (Å²) in [5.41, 5.74) is 7.45. The molecule has 2 N–H and O–H groups in total. The summed E-state index contributed by atoms with van der Waals surface area (Å²) in [6.45, 7) is 7.19. The molecule has 2 heteroatoms. The van der Waals surface area contributed by atoms with E-state index in [2.05, 4.69) is 37.3 Å². The second-order valence-corrected chi connectivity index (χ2v) is 5.09. The van der Waals surface area contributed by atoms with Gasteiger partial charge in [-0.1, -0.05) is 30.3 Å². The molecule has 1 aliphatic rings. The second kappa shape index (κ2) is 4.98.